The number of rotatable bonds is 5. The first-order valence-corrected chi connectivity index (χ1v) is 8.88. The predicted molar refractivity (Wildman–Crippen MR) is 97.7 cm³/mol. The van der Waals surface area contributed by atoms with Gasteiger partial charge in [0.15, 0.2) is 0 Å². The van der Waals surface area contributed by atoms with E-state index in [0.717, 1.165) is 24.8 Å². The van der Waals surface area contributed by atoms with E-state index in [1.165, 1.54) is 0 Å². The Bertz CT molecular complexity index is 770. The van der Waals surface area contributed by atoms with Gasteiger partial charge in [0.05, 0.1) is 6.10 Å². The Kier molecular flexibility index (Phi) is 5.66. The normalized spacial score (nSPS) is 17.5. The molecule has 2 aromatic rings. The third kappa shape index (κ3) is 4.17. The molecule has 0 unspecified atom stereocenters. The van der Waals surface area contributed by atoms with Crippen LogP contribution in [0, 0.1) is 0 Å². The quantitative estimate of drug-likeness (QED) is 0.910. The average molecular weight is 340 g/mol. The van der Waals surface area contributed by atoms with E-state index < -0.39 is 0 Å². The Morgan fingerprint density at radius 1 is 1.24 bits per heavy atom. The van der Waals surface area contributed by atoms with Crippen LogP contribution in [-0.2, 0) is 4.74 Å². The van der Waals surface area contributed by atoms with Crippen molar-refractivity contribution in [3.63, 3.8) is 0 Å². The standard InChI is InChI=1S/C20H24N2O3/c1-2-13-25-16-9-6-12-22(14-16)20(24)17-10-11-18(21-19(17)23)15-7-4-3-5-8-15/h3-5,7-8,10-11,16H,2,6,9,12-14H2,1H3,(H,21,23)/t16-/m1/s1. The summed E-state index contributed by atoms with van der Waals surface area (Å²) < 4.78 is 5.78. The van der Waals surface area contributed by atoms with Gasteiger partial charge in [-0.25, -0.2) is 0 Å². The number of carbonyl (C=O) groups excluding carboxylic acids is 1. The van der Waals surface area contributed by atoms with Crippen LogP contribution >= 0.6 is 0 Å². The minimum Gasteiger partial charge on any atom is -0.376 e. The van der Waals surface area contributed by atoms with Crippen molar-refractivity contribution < 1.29 is 9.53 Å². The fourth-order valence-electron chi connectivity index (χ4n) is 3.14. The molecule has 1 aromatic carbocycles. The van der Waals surface area contributed by atoms with E-state index in [1.54, 1.807) is 17.0 Å². The third-order valence-electron chi connectivity index (χ3n) is 4.45. The van der Waals surface area contributed by atoms with Gasteiger partial charge < -0.3 is 14.6 Å². The summed E-state index contributed by atoms with van der Waals surface area (Å²) in [5.74, 6) is -0.217. The molecule has 1 N–H and O–H groups in total. The predicted octanol–water partition coefficient (Wildman–Crippen LogP) is 3.07. The number of likely N-dealkylation sites (tertiary alicyclic amines) is 1. The van der Waals surface area contributed by atoms with Crippen LogP contribution in [0.1, 0.15) is 36.5 Å². The molecule has 1 fully saturated rings. The molecule has 0 aliphatic carbocycles. The highest BCUT2D eigenvalue weighted by atomic mass is 16.5. The number of aromatic amines is 1. The van der Waals surface area contributed by atoms with E-state index in [1.807, 2.05) is 30.3 Å². The molecule has 2 heterocycles. The van der Waals surface area contributed by atoms with Gasteiger partial charge in [-0.15, -0.1) is 0 Å². The topological polar surface area (TPSA) is 62.4 Å². The summed E-state index contributed by atoms with van der Waals surface area (Å²) in [6, 6.07) is 13.0. The highest BCUT2D eigenvalue weighted by Crippen LogP contribution is 2.17. The minimum absolute atomic E-state index is 0.0697. The van der Waals surface area contributed by atoms with Gasteiger partial charge in [0, 0.05) is 25.4 Å². The molecule has 3 rings (SSSR count). The fourth-order valence-corrected chi connectivity index (χ4v) is 3.14. The molecule has 1 aromatic heterocycles. The van der Waals surface area contributed by atoms with Crippen molar-refractivity contribution in [1.29, 1.82) is 0 Å². The highest BCUT2D eigenvalue weighted by Gasteiger charge is 2.26. The third-order valence-corrected chi connectivity index (χ3v) is 4.45. The summed E-state index contributed by atoms with van der Waals surface area (Å²) in [6.07, 6.45) is 2.90. The van der Waals surface area contributed by atoms with E-state index in [-0.39, 0.29) is 23.1 Å². The summed E-state index contributed by atoms with van der Waals surface area (Å²) in [5, 5.41) is 0. The number of nitrogens with zero attached hydrogens (tertiary/aromatic N) is 1. The molecule has 0 bridgehead atoms. The molecular weight excluding hydrogens is 316 g/mol. The van der Waals surface area contributed by atoms with Crippen LogP contribution in [-0.4, -0.2) is 41.6 Å². The summed E-state index contributed by atoms with van der Waals surface area (Å²) in [6.45, 7) is 4.00. The lowest BCUT2D eigenvalue weighted by Gasteiger charge is -2.32. The molecule has 0 radical (unpaired) electrons. The zero-order chi connectivity index (χ0) is 17.6. The monoisotopic (exact) mass is 340 g/mol. The number of ether oxygens (including phenoxy) is 1. The lowest BCUT2D eigenvalue weighted by molar-refractivity contribution is 0.00205. The van der Waals surface area contributed by atoms with Gasteiger partial charge in [-0.1, -0.05) is 37.3 Å². The molecule has 1 atom stereocenters. The molecule has 5 nitrogen and oxygen atoms in total. The second-order valence-corrected chi connectivity index (χ2v) is 6.37. The second-order valence-electron chi connectivity index (χ2n) is 6.37. The number of piperidine rings is 1. The number of H-pyrrole nitrogens is 1. The first kappa shape index (κ1) is 17.4. The van der Waals surface area contributed by atoms with Gasteiger partial charge >= 0.3 is 0 Å². The maximum absolute atomic E-state index is 12.7. The van der Waals surface area contributed by atoms with E-state index in [4.69, 9.17) is 4.74 Å². The number of amides is 1. The van der Waals surface area contributed by atoms with E-state index in [9.17, 15) is 9.59 Å². The Balaban J connectivity index is 1.75. The minimum atomic E-state index is -0.344. The van der Waals surface area contributed by atoms with Crippen molar-refractivity contribution >= 4 is 5.91 Å². The number of carbonyl (C=O) groups is 1. The van der Waals surface area contributed by atoms with Crippen LogP contribution < -0.4 is 5.56 Å². The van der Waals surface area contributed by atoms with Gasteiger partial charge in [0.25, 0.3) is 11.5 Å². The van der Waals surface area contributed by atoms with Crippen molar-refractivity contribution in [2.24, 2.45) is 0 Å². The summed E-state index contributed by atoms with van der Waals surface area (Å²) in [5.41, 5.74) is 1.48. The molecule has 0 spiro atoms. The average Bonchev–Trinajstić information content (AvgIpc) is 2.66. The highest BCUT2D eigenvalue weighted by molar-refractivity contribution is 5.94. The van der Waals surface area contributed by atoms with Crippen LogP contribution in [0.4, 0.5) is 0 Å². The van der Waals surface area contributed by atoms with Gasteiger partial charge in [-0.05, 0) is 37.0 Å². The largest absolute Gasteiger partial charge is 0.376 e. The molecule has 1 aliphatic heterocycles. The zero-order valence-corrected chi connectivity index (χ0v) is 14.5. The Morgan fingerprint density at radius 3 is 2.76 bits per heavy atom. The van der Waals surface area contributed by atoms with Crippen molar-refractivity contribution in [2.45, 2.75) is 32.3 Å². The first-order valence-electron chi connectivity index (χ1n) is 8.88. The van der Waals surface area contributed by atoms with Gasteiger partial charge in [-0.3, -0.25) is 9.59 Å². The Labute approximate surface area is 147 Å². The van der Waals surface area contributed by atoms with Crippen molar-refractivity contribution in [2.75, 3.05) is 19.7 Å². The number of pyridine rings is 1. The molecular formula is C20H24N2O3. The molecule has 5 heteroatoms. The summed E-state index contributed by atoms with van der Waals surface area (Å²) in [4.78, 5) is 29.7. The first-order chi connectivity index (χ1) is 12.2. The van der Waals surface area contributed by atoms with Crippen LogP contribution in [0.3, 0.4) is 0 Å². The van der Waals surface area contributed by atoms with Crippen molar-refractivity contribution in [3.05, 3.63) is 58.4 Å². The van der Waals surface area contributed by atoms with Crippen LogP contribution in [0.25, 0.3) is 11.3 Å². The molecule has 1 aliphatic rings. The van der Waals surface area contributed by atoms with E-state index >= 15 is 0 Å². The van der Waals surface area contributed by atoms with Crippen molar-refractivity contribution in [1.82, 2.24) is 9.88 Å². The summed E-state index contributed by atoms with van der Waals surface area (Å²) in [7, 11) is 0. The van der Waals surface area contributed by atoms with Gasteiger partial charge in [0.1, 0.15) is 5.56 Å². The Morgan fingerprint density at radius 2 is 2.04 bits per heavy atom. The van der Waals surface area contributed by atoms with Gasteiger partial charge in [0.2, 0.25) is 0 Å². The lowest BCUT2D eigenvalue weighted by atomic mass is 10.1. The molecule has 1 amide bonds. The number of hydrogen-bond donors (Lipinski definition) is 1. The van der Waals surface area contributed by atoms with Crippen LogP contribution in [0.2, 0.25) is 0 Å². The smallest absolute Gasteiger partial charge is 0.261 e. The molecule has 132 valence electrons. The SMILES string of the molecule is CCCO[C@@H]1CCCN(C(=O)c2ccc(-c3ccccc3)[nH]c2=O)C1. The number of nitrogens with one attached hydrogen (secondary N) is 1. The van der Waals surface area contributed by atoms with Crippen LogP contribution in [0.5, 0.6) is 0 Å². The second kappa shape index (κ2) is 8.12. The number of aromatic nitrogens is 1. The number of hydrogen-bond acceptors (Lipinski definition) is 3. The Hall–Kier alpha value is -2.40. The molecule has 1 saturated heterocycles. The zero-order valence-electron chi connectivity index (χ0n) is 14.5. The van der Waals surface area contributed by atoms with E-state index in [0.29, 0.717) is 25.4 Å². The molecule has 0 saturated carbocycles. The lowest BCUT2D eigenvalue weighted by Crippen LogP contribution is -2.44. The molecule has 25 heavy (non-hydrogen) atoms. The number of benzene rings is 1. The summed E-state index contributed by atoms with van der Waals surface area (Å²) >= 11 is 0. The van der Waals surface area contributed by atoms with Crippen molar-refractivity contribution in [3.8, 4) is 11.3 Å². The maximum atomic E-state index is 12.7. The van der Waals surface area contributed by atoms with E-state index in [2.05, 4.69) is 11.9 Å². The van der Waals surface area contributed by atoms with Crippen LogP contribution in [0.15, 0.2) is 47.3 Å². The van der Waals surface area contributed by atoms with Gasteiger partial charge in [-0.2, -0.15) is 0 Å². The maximum Gasteiger partial charge on any atom is 0.261 e. The fraction of sp³-hybridized carbons (Fsp3) is 0.400.